The molecule has 0 saturated carbocycles. The molecule has 196 valence electrons. The van der Waals surface area contributed by atoms with Gasteiger partial charge < -0.3 is 14.7 Å². The first-order valence-corrected chi connectivity index (χ1v) is 11.9. The third-order valence-corrected chi connectivity index (χ3v) is 7.45. The lowest BCUT2D eigenvalue weighted by Crippen LogP contribution is -2.56. The Morgan fingerprint density at radius 2 is 1.78 bits per heavy atom. The van der Waals surface area contributed by atoms with Gasteiger partial charge >= 0.3 is 6.18 Å². The lowest BCUT2D eigenvalue weighted by atomic mass is 9.61. The first kappa shape index (κ1) is 26.4. The van der Waals surface area contributed by atoms with E-state index in [4.69, 9.17) is 4.74 Å². The van der Waals surface area contributed by atoms with Gasteiger partial charge in [0, 0.05) is 35.5 Å². The maximum Gasteiger partial charge on any atom is 0.426 e. The quantitative estimate of drug-likeness (QED) is 0.543. The van der Waals surface area contributed by atoms with Crippen molar-refractivity contribution in [3.63, 3.8) is 0 Å². The number of halogens is 5. The smallest absolute Gasteiger partial charge is 0.426 e. The van der Waals surface area contributed by atoms with E-state index in [0.29, 0.717) is 38.4 Å². The van der Waals surface area contributed by atoms with Crippen molar-refractivity contribution in [2.45, 2.75) is 62.9 Å². The van der Waals surface area contributed by atoms with Gasteiger partial charge in [0.1, 0.15) is 11.6 Å². The number of aliphatic hydroxyl groups is 1. The Morgan fingerprint density at radius 1 is 1.11 bits per heavy atom. The Labute approximate surface area is 207 Å². The molecule has 1 N–H and O–H groups in total. The number of fused-ring (bicyclic) bond motifs is 3. The second-order valence-electron chi connectivity index (χ2n) is 10.8. The Balaban J connectivity index is 1.73. The van der Waals surface area contributed by atoms with Crippen LogP contribution >= 0.6 is 0 Å². The van der Waals surface area contributed by atoms with E-state index in [9.17, 15) is 31.9 Å². The van der Waals surface area contributed by atoms with E-state index < -0.39 is 28.4 Å². The summed E-state index contributed by atoms with van der Waals surface area (Å²) in [7, 11) is 0. The highest BCUT2D eigenvalue weighted by Gasteiger charge is 2.55. The first-order valence-electron chi connectivity index (χ1n) is 11.9. The molecule has 3 unspecified atom stereocenters. The Bertz CT molecular complexity index is 1120. The molecule has 0 bridgehead atoms. The minimum atomic E-state index is -5.09. The summed E-state index contributed by atoms with van der Waals surface area (Å²) < 4.78 is 74.2. The number of nitrogens with zero attached hydrogens (tertiary/aromatic N) is 1. The Morgan fingerprint density at radius 3 is 2.39 bits per heavy atom. The van der Waals surface area contributed by atoms with Crippen LogP contribution in [0.5, 0.6) is 5.75 Å². The molecule has 0 spiro atoms. The maximum absolute atomic E-state index is 14.7. The summed E-state index contributed by atoms with van der Waals surface area (Å²) in [5.41, 5.74) is -4.37. The Hall–Kier alpha value is -2.68. The molecular weight excluding hydrogens is 481 g/mol. The second-order valence-corrected chi connectivity index (χ2v) is 10.8. The molecular formula is C27H30F5NO3. The van der Waals surface area contributed by atoms with Crippen LogP contribution < -0.4 is 4.74 Å². The van der Waals surface area contributed by atoms with Crippen LogP contribution in [0.2, 0.25) is 0 Å². The van der Waals surface area contributed by atoms with Gasteiger partial charge in [0.25, 0.3) is 0 Å². The van der Waals surface area contributed by atoms with Crippen LogP contribution in [0.1, 0.15) is 50.3 Å². The van der Waals surface area contributed by atoms with Crippen molar-refractivity contribution in [1.82, 2.24) is 4.90 Å². The lowest BCUT2D eigenvalue weighted by molar-refractivity contribution is -0.228. The van der Waals surface area contributed by atoms with Gasteiger partial charge in [0.15, 0.2) is 0 Å². The van der Waals surface area contributed by atoms with Gasteiger partial charge in [-0.3, -0.25) is 4.79 Å². The molecule has 2 aliphatic heterocycles. The summed E-state index contributed by atoms with van der Waals surface area (Å²) in [6, 6.07) is 9.80. The molecule has 0 aliphatic carbocycles. The van der Waals surface area contributed by atoms with Gasteiger partial charge in [-0.2, -0.15) is 13.2 Å². The van der Waals surface area contributed by atoms with Crippen molar-refractivity contribution < 1.29 is 36.6 Å². The summed E-state index contributed by atoms with van der Waals surface area (Å²) in [6.45, 7) is 4.44. The molecule has 2 aromatic carbocycles. The number of hydrogen-bond acceptors (Lipinski definition) is 3. The van der Waals surface area contributed by atoms with E-state index in [2.05, 4.69) is 0 Å². The summed E-state index contributed by atoms with van der Waals surface area (Å²) in [5.74, 6) is -0.598. The number of amides is 1. The number of ether oxygens (including phenoxy) is 1. The van der Waals surface area contributed by atoms with Crippen molar-refractivity contribution >= 4 is 5.91 Å². The number of hydrogen-bond donors (Lipinski definition) is 1. The van der Waals surface area contributed by atoms with Crippen molar-refractivity contribution in [2.75, 3.05) is 19.7 Å². The standard InChI is InChI=1S/C27H30F5NO3/c1-24(2,35)14-23(34)33-11-10-26(13-17-4-7-20(28)8-5-17)19(15-33)16-36-22-12-18(6-9-21(22)26)25(3,29)27(30,31)32/h4-9,12,19,35H,10-11,13-16H2,1-3H3. The predicted octanol–water partition coefficient (Wildman–Crippen LogP) is 5.46. The number of carbonyl (C=O) groups is 1. The van der Waals surface area contributed by atoms with Crippen LogP contribution in [-0.4, -0.2) is 47.4 Å². The fourth-order valence-corrected chi connectivity index (χ4v) is 5.34. The fraction of sp³-hybridized carbons (Fsp3) is 0.519. The minimum absolute atomic E-state index is 0.0436. The normalized spacial score (nSPS) is 23.8. The molecule has 2 aromatic rings. The monoisotopic (exact) mass is 511 g/mol. The molecule has 0 radical (unpaired) electrons. The van der Waals surface area contributed by atoms with Gasteiger partial charge in [-0.1, -0.05) is 24.3 Å². The van der Waals surface area contributed by atoms with E-state index in [0.717, 1.165) is 17.7 Å². The highest BCUT2D eigenvalue weighted by Crippen LogP contribution is 2.51. The molecule has 36 heavy (non-hydrogen) atoms. The third kappa shape index (κ3) is 4.94. The maximum atomic E-state index is 14.7. The predicted molar refractivity (Wildman–Crippen MR) is 124 cm³/mol. The molecule has 2 heterocycles. The third-order valence-electron chi connectivity index (χ3n) is 7.45. The van der Waals surface area contributed by atoms with Crippen molar-refractivity contribution in [3.8, 4) is 5.75 Å². The van der Waals surface area contributed by atoms with Crippen LogP contribution in [0.25, 0.3) is 0 Å². The number of benzene rings is 2. The summed E-state index contributed by atoms with van der Waals surface area (Å²) in [5, 5.41) is 10.1. The highest BCUT2D eigenvalue weighted by molar-refractivity contribution is 5.77. The van der Waals surface area contributed by atoms with Crippen LogP contribution in [0.3, 0.4) is 0 Å². The van der Waals surface area contributed by atoms with E-state index in [1.807, 2.05) is 0 Å². The number of piperidine rings is 1. The van der Waals surface area contributed by atoms with Gasteiger partial charge in [-0.05, 0) is 57.4 Å². The van der Waals surface area contributed by atoms with Crippen LogP contribution in [0.4, 0.5) is 22.0 Å². The van der Waals surface area contributed by atoms with E-state index in [-0.39, 0.29) is 36.4 Å². The second kappa shape index (κ2) is 9.01. The molecule has 9 heteroatoms. The van der Waals surface area contributed by atoms with E-state index >= 15 is 0 Å². The van der Waals surface area contributed by atoms with Gasteiger partial charge in [0.05, 0.1) is 18.6 Å². The lowest BCUT2D eigenvalue weighted by Gasteiger charge is -2.51. The molecule has 3 atom stereocenters. The van der Waals surface area contributed by atoms with Gasteiger partial charge in [-0.25, -0.2) is 8.78 Å². The van der Waals surface area contributed by atoms with Crippen LogP contribution in [0, 0.1) is 11.7 Å². The van der Waals surface area contributed by atoms with Crippen molar-refractivity contribution in [2.24, 2.45) is 5.92 Å². The number of likely N-dealkylation sites (tertiary alicyclic amines) is 1. The average Bonchev–Trinajstić information content (AvgIpc) is 2.78. The molecule has 4 nitrogen and oxygen atoms in total. The number of alkyl halides is 4. The molecule has 2 aliphatic rings. The summed E-state index contributed by atoms with van der Waals surface area (Å²) >= 11 is 0. The Kier molecular flexibility index (Phi) is 6.60. The minimum Gasteiger partial charge on any atom is -0.493 e. The zero-order valence-corrected chi connectivity index (χ0v) is 20.5. The van der Waals surface area contributed by atoms with Crippen LogP contribution in [-0.2, 0) is 22.3 Å². The number of carbonyl (C=O) groups excluding carboxylic acids is 1. The van der Waals surface area contributed by atoms with Crippen molar-refractivity contribution in [3.05, 3.63) is 65.0 Å². The van der Waals surface area contributed by atoms with Gasteiger partial charge in [0.2, 0.25) is 11.6 Å². The summed E-state index contributed by atoms with van der Waals surface area (Å²) in [4.78, 5) is 14.5. The van der Waals surface area contributed by atoms with E-state index in [1.165, 1.54) is 18.2 Å². The zero-order chi connectivity index (χ0) is 26.5. The zero-order valence-electron chi connectivity index (χ0n) is 20.5. The fourth-order valence-electron chi connectivity index (χ4n) is 5.34. The van der Waals surface area contributed by atoms with Gasteiger partial charge in [-0.15, -0.1) is 0 Å². The first-order chi connectivity index (χ1) is 16.6. The average molecular weight is 512 g/mol. The largest absolute Gasteiger partial charge is 0.493 e. The summed E-state index contributed by atoms with van der Waals surface area (Å²) in [6.07, 6.45) is -4.20. The van der Waals surface area contributed by atoms with Crippen molar-refractivity contribution in [1.29, 1.82) is 0 Å². The SMILES string of the molecule is CC(C)(O)CC(=O)N1CCC2(Cc3ccc(F)cc3)c3ccc(C(C)(F)C(F)(F)F)cc3OCC2C1. The molecule has 1 amide bonds. The molecule has 4 rings (SSSR count). The van der Waals surface area contributed by atoms with Crippen LogP contribution in [0.15, 0.2) is 42.5 Å². The molecule has 1 fully saturated rings. The topological polar surface area (TPSA) is 49.8 Å². The molecule has 0 aromatic heterocycles. The molecule has 1 saturated heterocycles. The van der Waals surface area contributed by atoms with E-state index in [1.54, 1.807) is 30.9 Å². The highest BCUT2D eigenvalue weighted by atomic mass is 19.4. The number of rotatable bonds is 5.